The van der Waals surface area contributed by atoms with Crippen molar-refractivity contribution in [1.29, 1.82) is 0 Å². The normalized spacial score (nSPS) is 11.0. The highest BCUT2D eigenvalue weighted by Gasteiger charge is 2.15. The number of carbonyl (C=O) groups is 1. The minimum atomic E-state index is -0.668. The van der Waals surface area contributed by atoms with Crippen LogP contribution in [0.3, 0.4) is 0 Å². The smallest absolute Gasteiger partial charge is 0.349 e. The lowest BCUT2D eigenvalue weighted by atomic mass is 10.1. The van der Waals surface area contributed by atoms with E-state index in [1.807, 2.05) is 25.1 Å². The van der Waals surface area contributed by atoms with E-state index in [4.69, 9.17) is 13.9 Å². The molecule has 0 bridgehead atoms. The van der Waals surface area contributed by atoms with Crippen LogP contribution in [-0.4, -0.2) is 31.7 Å². The first-order valence-corrected chi connectivity index (χ1v) is 9.55. The van der Waals surface area contributed by atoms with Crippen LogP contribution < -0.4 is 20.4 Å². The van der Waals surface area contributed by atoms with Crippen LogP contribution in [0.2, 0.25) is 0 Å². The molecule has 2 N–H and O–H groups in total. The predicted octanol–water partition coefficient (Wildman–Crippen LogP) is 3.57. The number of nitrogens with one attached hydrogen (secondary N) is 2. The van der Waals surface area contributed by atoms with Gasteiger partial charge in [-0.15, -0.1) is 0 Å². The van der Waals surface area contributed by atoms with Crippen molar-refractivity contribution in [3.63, 3.8) is 0 Å². The number of benzene rings is 2. The van der Waals surface area contributed by atoms with Gasteiger partial charge < -0.3 is 24.2 Å². The molecule has 4 rings (SSSR count). The van der Waals surface area contributed by atoms with Crippen LogP contribution in [0.1, 0.15) is 21.6 Å². The number of aromatic nitrogens is 1. The second-order valence-electron chi connectivity index (χ2n) is 7.00. The van der Waals surface area contributed by atoms with Gasteiger partial charge in [0.1, 0.15) is 22.6 Å². The van der Waals surface area contributed by atoms with Crippen LogP contribution in [0.25, 0.3) is 21.9 Å². The van der Waals surface area contributed by atoms with E-state index in [9.17, 15) is 9.59 Å². The summed E-state index contributed by atoms with van der Waals surface area (Å²) in [4.78, 5) is 28.2. The lowest BCUT2D eigenvalue weighted by molar-refractivity contribution is 0.0950. The minimum absolute atomic E-state index is 0.0342. The van der Waals surface area contributed by atoms with E-state index in [2.05, 4.69) is 10.3 Å². The molecule has 0 atom stereocenters. The van der Waals surface area contributed by atoms with Crippen LogP contribution in [0, 0.1) is 6.92 Å². The third-order valence-corrected chi connectivity index (χ3v) is 5.17. The van der Waals surface area contributed by atoms with Crippen LogP contribution in [0.4, 0.5) is 0 Å². The second-order valence-corrected chi connectivity index (χ2v) is 7.00. The third kappa shape index (κ3) is 3.61. The number of hydrogen-bond acceptors (Lipinski definition) is 5. The lowest BCUT2D eigenvalue weighted by Crippen LogP contribution is -2.30. The number of aromatic amines is 1. The Morgan fingerprint density at radius 3 is 2.57 bits per heavy atom. The van der Waals surface area contributed by atoms with E-state index in [1.165, 1.54) is 6.07 Å². The van der Waals surface area contributed by atoms with Crippen molar-refractivity contribution in [2.24, 2.45) is 0 Å². The SMILES string of the molecule is COc1ccc2oc(=O)c(C(=O)NCCc3c(C)[nH]c4ccc(OC)cc34)cc2c1. The molecular formula is C23H22N2O5. The molecule has 0 saturated carbocycles. The summed E-state index contributed by atoms with van der Waals surface area (Å²) in [6.07, 6.45) is 0.609. The monoisotopic (exact) mass is 406 g/mol. The van der Waals surface area contributed by atoms with E-state index in [0.29, 0.717) is 29.7 Å². The molecule has 154 valence electrons. The molecule has 0 radical (unpaired) electrons. The number of methoxy groups -OCH3 is 2. The summed E-state index contributed by atoms with van der Waals surface area (Å²) >= 11 is 0. The molecule has 0 unspecified atom stereocenters. The van der Waals surface area contributed by atoms with Crippen molar-refractivity contribution in [1.82, 2.24) is 10.3 Å². The minimum Gasteiger partial charge on any atom is -0.497 e. The zero-order valence-electron chi connectivity index (χ0n) is 17.0. The van der Waals surface area contributed by atoms with Crippen LogP contribution in [0.5, 0.6) is 11.5 Å². The van der Waals surface area contributed by atoms with E-state index in [-0.39, 0.29) is 5.56 Å². The molecule has 30 heavy (non-hydrogen) atoms. The molecular weight excluding hydrogens is 384 g/mol. The zero-order chi connectivity index (χ0) is 21.3. The molecule has 4 aromatic rings. The van der Waals surface area contributed by atoms with Crippen LogP contribution in [-0.2, 0) is 6.42 Å². The first-order valence-electron chi connectivity index (χ1n) is 9.55. The number of fused-ring (bicyclic) bond motifs is 2. The van der Waals surface area contributed by atoms with Gasteiger partial charge in [-0.2, -0.15) is 0 Å². The number of H-pyrrole nitrogens is 1. The van der Waals surface area contributed by atoms with E-state index in [0.717, 1.165) is 27.9 Å². The van der Waals surface area contributed by atoms with Gasteiger partial charge in [0.05, 0.1) is 14.2 Å². The molecule has 7 heteroatoms. The third-order valence-electron chi connectivity index (χ3n) is 5.17. The molecule has 2 aromatic heterocycles. The molecule has 0 spiro atoms. The quantitative estimate of drug-likeness (QED) is 0.478. The largest absolute Gasteiger partial charge is 0.497 e. The molecule has 0 aliphatic rings. The molecule has 0 saturated heterocycles. The second kappa shape index (κ2) is 7.94. The van der Waals surface area contributed by atoms with E-state index >= 15 is 0 Å². The number of ether oxygens (including phenoxy) is 2. The van der Waals surface area contributed by atoms with Crippen molar-refractivity contribution < 1.29 is 18.7 Å². The highest BCUT2D eigenvalue weighted by molar-refractivity contribution is 5.96. The first-order chi connectivity index (χ1) is 14.5. The molecule has 2 aromatic carbocycles. The Bertz CT molecular complexity index is 1300. The molecule has 7 nitrogen and oxygen atoms in total. The standard InChI is InChI=1S/C23H22N2O5/c1-13-17(18-12-16(29-3)4-6-20(18)25-13)8-9-24-22(26)19-11-14-10-15(28-2)5-7-21(14)30-23(19)27/h4-7,10-12,25H,8-9H2,1-3H3,(H,24,26). The number of amides is 1. The summed E-state index contributed by atoms with van der Waals surface area (Å²) in [5.74, 6) is 0.924. The highest BCUT2D eigenvalue weighted by atomic mass is 16.5. The van der Waals surface area contributed by atoms with Gasteiger partial charge in [-0.1, -0.05) is 0 Å². The average Bonchev–Trinajstić information content (AvgIpc) is 3.07. The molecule has 1 amide bonds. The van der Waals surface area contributed by atoms with Crippen LogP contribution in [0.15, 0.2) is 51.7 Å². The van der Waals surface area contributed by atoms with Gasteiger partial charge in [0.25, 0.3) is 5.91 Å². The summed E-state index contributed by atoms with van der Waals surface area (Å²) in [5, 5.41) is 4.49. The van der Waals surface area contributed by atoms with Gasteiger partial charge >= 0.3 is 5.63 Å². The Kier molecular flexibility index (Phi) is 5.18. The van der Waals surface area contributed by atoms with Crippen molar-refractivity contribution in [3.05, 3.63) is 69.7 Å². The Balaban J connectivity index is 1.53. The summed E-state index contributed by atoms with van der Waals surface area (Å²) in [7, 11) is 3.18. The maximum atomic E-state index is 12.6. The maximum absolute atomic E-state index is 12.6. The van der Waals surface area contributed by atoms with Gasteiger partial charge in [0, 0.05) is 28.5 Å². The van der Waals surface area contributed by atoms with Crippen molar-refractivity contribution in [2.45, 2.75) is 13.3 Å². The molecule has 0 aliphatic heterocycles. The van der Waals surface area contributed by atoms with Gasteiger partial charge in [0.2, 0.25) is 0 Å². The van der Waals surface area contributed by atoms with E-state index < -0.39 is 11.5 Å². The van der Waals surface area contributed by atoms with Crippen molar-refractivity contribution in [2.75, 3.05) is 20.8 Å². The van der Waals surface area contributed by atoms with Gasteiger partial charge in [-0.05, 0) is 61.4 Å². The lowest BCUT2D eigenvalue weighted by Gasteiger charge is -2.07. The molecule has 0 aliphatic carbocycles. The topological polar surface area (TPSA) is 93.6 Å². The molecule has 2 heterocycles. The first kappa shape index (κ1) is 19.6. The Labute approximate surface area is 172 Å². The number of aryl methyl sites for hydroxylation is 1. The number of hydrogen-bond donors (Lipinski definition) is 2. The number of carbonyl (C=O) groups excluding carboxylic acids is 1. The van der Waals surface area contributed by atoms with Gasteiger partial charge in [-0.25, -0.2) is 4.79 Å². The Hall–Kier alpha value is -3.74. The Morgan fingerprint density at radius 1 is 1.07 bits per heavy atom. The number of rotatable bonds is 6. The fraction of sp³-hybridized carbons (Fsp3) is 0.217. The van der Waals surface area contributed by atoms with Crippen molar-refractivity contribution in [3.8, 4) is 11.5 Å². The fourth-order valence-electron chi connectivity index (χ4n) is 3.59. The van der Waals surface area contributed by atoms with Gasteiger partial charge in [-0.3, -0.25) is 4.79 Å². The summed E-state index contributed by atoms with van der Waals surface area (Å²) < 4.78 is 15.8. The Morgan fingerprint density at radius 2 is 1.80 bits per heavy atom. The average molecular weight is 406 g/mol. The highest BCUT2D eigenvalue weighted by Crippen LogP contribution is 2.26. The maximum Gasteiger partial charge on any atom is 0.349 e. The zero-order valence-corrected chi connectivity index (χ0v) is 17.0. The van der Waals surface area contributed by atoms with Gasteiger partial charge in [0.15, 0.2) is 0 Å². The predicted molar refractivity (Wildman–Crippen MR) is 115 cm³/mol. The fourth-order valence-corrected chi connectivity index (χ4v) is 3.59. The summed E-state index contributed by atoms with van der Waals surface area (Å²) in [6.45, 7) is 2.37. The molecule has 0 fully saturated rings. The summed E-state index contributed by atoms with van der Waals surface area (Å²) in [5.41, 5.74) is 2.84. The van der Waals surface area contributed by atoms with E-state index in [1.54, 1.807) is 32.4 Å². The van der Waals surface area contributed by atoms with Crippen molar-refractivity contribution >= 4 is 27.8 Å². The summed E-state index contributed by atoms with van der Waals surface area (Å²) in [6, 6.07) is 12.4. The van der Waals surface area contributed by atoms with Crippen LogP contribution >= 0.6 is 0 Å².